The highest BCUT2D eigenvalue weighted by Crippen LogP contribution is 2.39. The van der Waals surface area contributed by atoms with Crippen molar-refractivity contribution in [3.8, 4) is 28.3 Å². The van der Waals surface area contributed by atoms with Crippen LogP contribution < -0.4 is 4.74 Å². The summed E-state index contributed by atoms with van der Waals surface area (Å²) >= 11 is 0. The van der Waals surface area contributed by atoms with E-state index in [1.165, 1.54) is 44.6 Å². The molecule has 0 radical (unpaired) electrons. The van der Waals surface area contributed by atoms with Gasteiger partial charge >= 0.3 is 6.11 Å². The smallest absolute Gasteiger partial charge is 0.429 e. The fourth-order valence-corrected chi connectivity index (χ4v) is 5.72. The summed E-state index contributed by atoms with van der Waals surface area (Å²) in [5.41, 5.74) is 0.0670. The maximum absolute atomic E-state index is 15.0. The first-order valence-electron chi connectivity index (χ1n) is 14.6. The van der Waals surface area contributed by atoms with Crippen molar-refractivity contribution in [1.82, 2.24) is 9.97 Å². The molecule has 0 bridgehead atoms. The van der Waals surface area contributed by atoms with E-state index in [1.807, 2.05) is 0 Å². The van der Waals surface area contributed by atoms with Crippen LogP contribution in [0.1, 0.15) is 75.3 Å². The van der Waals surface area contributed by atoms with Crippen LogP contribution in [0.2, 0.25) is 0 Å². The van der Waals surface area contributed by atoms with E-state index >= 15 is 0 Å². The number of halogens is 6. The molecular weight excluding hydrogens is 566 g/mol. The molecule has 0 saturated heterocycles. The van der Waals surface area contributed by atoms with E-state index < -0.39 is 40.7 Å². The van der Waals surface area contributed by atoms with Gasteiger partial charge in [0.2, 0.25) is 0 Å². The van der Waals surface area contributed by atoms with Crippen LogP contribution in [0.4, 0.5) is 26.3 Å². The number of benzene rings is 3. The summed E-state index contributed by atoms with van der Waals surface area (Å²) in [5.74, 6) is -3.75. The molecule has 0 unspecified atom stereocenters. The first-order chi connectivity index (χ1) is 20.6. The fraction of sp³-hybridized carbons (Fsp3) is 0.353. The summed E-state index contributed by atoms with van der Waals surface area (Å²) < 4.78 is 90.9. The maximum Gasteiger partial charge on any atom is 0.429 e. The monoisotopic (exact) mass is 598 g/mol. The second kappa shape index (κ2) is 13.2. The largest absolute Gasteiger partial charge is 0.429 e. The third-order valence-electron chi connectivity index (χ3n) is 8.16. The van der Waals surface area contributed by atoms with Crippen molar-refractivity contribution in [3.63, 3.8) is 0 Å². The molecule has 0 amide bonds. The molecule has 43 heavy (non-hydrogen) atoms. The molecule has 0 spiro atoms. The van der Waals surface area contributed by atoms with Crippen LogP contribution in [-0.4, -0.2) is 9.97 Å². The number of alkyl halides is 2. The average molecular weight is 599 g/mol. The van der Waals surface area contributed by atoms with Crippen LogP contribution in [0.5, 0.6) is 5.75 Å². The molecule has 226 valence electrons. The van der Waals surface area contributed by atoms with Crippen molar-refractivity contribution in [3.05, 3.63) is 101 Å². The van der Waals surface area contributed by atoms with Gasteiger partial charge in [0, 0.05) is 29.6 Å². The zero-order chi connectivity index (χ0) is 30.6. The Hall–Kier alpha value is -3.88. The molecule has 0 atom stereocenters. The topological polar surface area (TPSA) is 35.0 Å². The highest BCUT2D eigenvalue weighted by Gasteiger charge is 2.38. The molecule has 1 saturated carbocycles. The van der Waals surface area contributed by atoms with Crippen LogP contribution in [0.25, 0.3) is 22.5 Å². The summed E-state index contributed by atoms with van der Waals surface area (Å²) in [4.78, 5) is 8.75. The van der Waals surface area contributed by atoms with E-state index in [1.54, 1.807) is 12.4 Å². The Kier molecular flexibility index (Phi) is 9.37. The second-order valence-corrected chi connectivity index (χ2v) is 11.1. The first-order valence-corrected chi connectivity index (χ1v) is 14.6. The molecule has 0 N–H and O–H groups in total. The van der Waals surface area contributed by atoms with E-state index in [2.05, 4.69) is 21.6 Å². The molecule has 4 aromatic rings. The van der Waals surface area contributed by atoms with Gasteiger partial charge in [-0.25, -0.2) is 27.5 Å². The van der Waals surface area contributed by atoms with Gasteiger partial charge < -0.3 is 4.74 Å². The molecule has 1 aliphatic carbocycles. The maximum atomic E-state index is 15.0. The molecule has 1 fully saturated rings. The number of rotatable bonds is 10. The molecule has 5 rings (SSSR count). The summed E-state index contributed by atoms with van der Waals surface area (Å²) in [6, 6.07) is 8.64. The summed E-state index contributed by atoms with van der Waals surface area (Å²) in [6.45, 7) is 2.21. The molecular formula is C34H32F6N2O. The van der Waals surface area contributed by atoms with Gasteiger partial charge in [0.15, 0.2) is 17.5 Å². The Morgan fingerprint density at radius 3 is 2.09 bits per heavy atom. The van der Waals surface area contributed by atoms with Crippen LogP contribution in [-0.2, 0) is 6.11 Å². The zero-order valence-electron chi connectivity index (χ0n) is 23.7. The predicted octanol–water partition coefficient (Wildman–Crippen LogP) is 10.3. The van der Waals surface area contributed by atoms with Gasteiger partial charge in [-0.05, 0) is 85.0 Å². The Bertz CT molecular complexity index is 1550. The lowest BCUT2D eigenvalue weighted by Gasteiger charge is -2.28. The van der Waals surface area contributed by atoms with E-state index in [4.69, 9.17) is 0 Å². The summed E-state index contributed by atoms with van der Waals surface area (Å²) in [7, 11) is 0. The lowest BCUT2D eigenvalue weighted by atomic mass is 9.77. The Balaban J connectivity index is 1.24. The van der Waals surface area contributed by atoms with Crippen molar-refractivity contribution >= 4 is 0 Å². The number of hydrogen-bond acceptors (Lipinski definition) is 3. The third kappa shape index (κ3) is 7.20. The van der Waals surface area contributed by atoms with E-state index in [0.717, 1.165) is 66.8 Å². The number of hydrogen-bond donors (Lipinski definition) is 0. The van der Waals surface area contributed by atoms with E-state index in [9.17, 15) is 26.3 Å². The molecule has 9 heteroatoms. The van der Waals surface area contributed by atoms with Gasteiger partial charge in [-0.2, -0.15) is 8.78 Å². The van der Waals surface area contributed by atoms with Gasteiger partial charge in [0.05, 0.1) is 5.56 Å². The van der Waals surface area contributed by atoms with E-state index in [-0.39, 0.29) is 22.5 Å². The van der Waals surface area contributed by atoms with Crippen molar-refractivity contribution in [2.24, 2.45) is 5.92 Å². The minimum atomic E-state index is -4.14. The number of unbranched alkanes of at least 4 members (excludes halogenated alkanes) is 2. The van der Waals surface area contributed by atoms with Crippen LogP contribution in [0.15, 0.2) is 67.0 Å². The van der Waals surface area contributed by atoms with Gasteiger partial charge in [-0.15, -0.1) is 0 Å². The van der Waals surface area contributed by atoms with Crippen molar-refractivity contribution in [2.75, 3.05) is 0 Å². The quantitative estimate of drug-likeness (QED) is 0.135. The van der Waals surface area contributed by atoms with Crippen molar-refractivity contribution < 1.29 is 31.1 Å². The van der Waals surface area contributed by atoms with Crippen molar-refractivity contribution in [1.29, 1.82) is 0 Å². The summed E-state index contributed by atoms with van der Waals surface area (Å²) in [6.07, 6.45) is 8.91. The molecule has 3 nitrogen and oxygen atoms in total. The highest BCUT2D eigenvalue weighted by molar-refractivity contribution is 5.65. The molecule has 1 aromatic heterocycles. The third-order valence-corrected chi connectivity index (χ3v) is 8.16. The second-order valence-electron chi connectivity index (χ2n) is 11.1. The predicted molar refractivity (Wildman–Crippen MR) is 153 cm³/mol. The summed E-state index contributed by atoms with van der Waals surface area (Å²) in [5, 5.41) is 0. The number of nitrogens with zero attached hydrogens (tertiary/aromatic N) is 2. The Morgan fingerprint density at radius 1 is 0.744 bits per heavy atom. The van der Waals surface area contributed by atoms with Gasteiger partial charge in [-0.3, -0.25) is 0 Å². The molecule has 1 aliphatic rings. The molecule has 3 aromatic carbocycles. The Labute approximate surface area is 247 Å². The minimum Gasteiger partial charge on any atom is -0.429 e. The number of ether oxygens (including phenoxy) is 1. The van der Waals surface area contributed by atoms with Gasteiger partial charge in [-0.1, -0.05) is 44.7 Å². The lowest BCUT2D eigenvalue weighted by molar-refractivity contribution is -0.187. The van der Waals surface area contributed by atoms with Crippen LogP contribution in [0.3, 0.4) is 0 Å². The minimum absolute atomic E-state index is 0.0109. The van der Waals surface area contributed by atoms with E-state index in [0.29, 0.717) is 12.0 Å². The lowest BCUT2D eigenvalue weighted by Crippen LogP contribution is -2.23. The molecule has 0 aliphatic heterocycles. The van der Waals surface area contributed by atoms with Crippen molar-refractivity contribution in [2.45, 2.75) is 70.3 Å². The molecule has 1 heterocycles. The normalized spacial score (nSPS) is 17.2. The van der Waals surface area contributed by atoms with Gasteiger partial charge in [0.25, 0.3) is 0 Å². The fourth-order valence-electron chi connectivity index (χ4n) is 5.72. The average Bonchev–Trinajstić information content (AvgIpc) is 2.99. The number of aromatic nitrogens is 2. The highest BCUT2D eigenvalue weighted by atomic mass is 19.3. The van der Waals surface area contributed by atoms with Gasteiger partial charge in [0.1, 0.15) is 17.4 Å². The van der Waals surface area contributed by atoms with Crippen LogP contribution in [0, 0.1) is 29.2 Å². The SMILES string of the molecule is CCCCCC1CCC(c2cnc(-c3ccc(C(F)(F)Oc4ccc(-c5ccc(F)c(F)c5)c(F)c4)c(F)c3)nc2)CC1. The zero-order valence-corrected chi connectivity index (χ0v) is 23.7. The van der Waals surface area contributed by atoms with Crippen LogP contribution >= 0.6 is 0 Å². The first kappa shape index (κ1) is 30.6. The Morgan fingerprint density at radius 2 is 1.44 bits per heavy atom. The standard InChI is InChI=1S/C34H32F6N2O/c1-2-3-4-5-21-6-8-22(9-7-21)25-19-41-33(42-20-25)24-10-14-28(31(37)17-24)34(39,40)43-26-12-13-27(30(36)18-26)23-11-15-29(35)32(38)16-23/h10-22H,2-9H2,1H3.